The van der Waals surface area contributed by atoms with Crippen molar-refractivity contribution < 1.29 is 17.9 Å². The van der Waals surface area contributed by atoms with Gasteiger partial charge in [-0.2, -0.15) is 0 Å². The molecule has 1 saturated heterocycles. The smallest absolute Gasteiger partial charge is 0.264 e. The van der Waals surface area contributed by atoms with Crippen LogP contribution in [0.1, 0.15) is 35.0 Å². The van der Waals surface area contributed by atoms with Gasteiger partial charge in [0.2, 0.25) is 10.0 Å². The Balaban J connectivity index is 2.18. The largest absolute Gasteiger partial charge is 0.377 e. The highest BCUT2D eigenvalue weighted by Crippen LogP contribution is 2.27. The summed E-state index contributed by atoms with van der Waals surface area (Å²) in [6.07, 6.45) is 1.90. The van der Waals surface area contributed by atoms with E-state index in [-0.39, 0.29) is 16.2 Å². The number of thiophene rings is 1. The lowest BCUT2D eigenvalue weighted by molar-refractivity contribution is 0.00739. The summed E-state index contributed by atoms with van der Waals surface area (Å²) < 4.78 is 28.4. The van der Waals surface area contributed by atoms with Gasteiger partial charge in [0.25, 0.3) is 5.91 Å². The third-order valence-corrected chi connectivity index (χ3v) is 6.08. The Bertz CT molecular complexity index is 622. The zero-order valence-electron chi connectivity index (χ0n) is 12.2. The molecule has 1 aliphatic heterocycles. The number of hydrogen-bond acceptors (Lipinski definition) is 5. The van der Waals surface area contributed by atoms with Crippen molar-refractivity contribution in [1.29, 1.82) is 0 Å². The van der Waals surface area contributed by atoms with Crippen LogP contribution in [-0.4, -0.2) is 45.0 Å². The summed E-state index contributed by atoms with van der Waals surface area (Å²) in [5.41, 5.74) is 0.646. The maximum absolute atomic E-state index is 12.6. The topological polar surface area (TPSA) is 89.7 Å². The molecule has 6 nitrogen and oxygen atoms in total. The van der Waals surface area contributed by atoms with E-state index in [9.17, 15) is 13.2 Å². The fraction of sp³-hybridized carbons (Fsp3) is 0.615. The number of piperidine rings is 1. The first-order valence-corrected chi connectivity index (χ1v) is 9.23. The molecule has 21 heavy (non-hydrogen) atoms. The van der Waals surface area contributed by atoms with Crippen LogP contribution in [0.2, 0.25) is 0 Å². The molecule has 1 fully saturated rings. The molecule has 0 aliphatic carbocycles. The van der Waals surface area contributed by atoms with Crippen molar-refractivity contribution in [2.75, 3.05) is 19.7 Å². The fourth-order valence-electron chi connectivity index (χ4n) is 2.44. The normalized spacial score (nSPS) is 19.8. The first-order chi connectivity index (χ1) is 9.82. The Morgan fingerprint density at radius 2 is 2.29 bits per heavy atom. The Hall–Kier alpha value is -0.960. The van der Waals surface area contributed by atoms with Gasteiger partial charge in [-0.15, -0.1) is 11.3 Å². The fourth-order valence-corrected chi connectivity index (χ4v) is 4.37. The summed E-state index contributed by atoms with van der Waals surface area (Å²) >= 11 is 0.938. The number of nitrogens with zero attached hydrogens (tertiary/aromatic N) is 1. The molecule has 2 N–H and O–H groups in total. The summed E-state index contributed by atoms with van der Waals surface area (Å²) in [5.74, 6) is -0.142. The van der Waals surface area contributed by atoms with Gasteiger partial charge in [0.05, 0.1) is 11.0 Å². The SMILES string of the molecule is CCO[C@@H]1CCCN(C(=O)c2sc(S(N)(=O)=O)cc2C)C1. The van der Waals surface area contributed by atoms with Crippen molar-refractivity contribution >= 4 is 27.3 Å². The zero-order chi connectivity index (χ0) is 15.6. The molecule has 0 aromatic carbocycles. The van der Waals surface area contributed by atoms with Crippen LogP contribution in [0.25, 0.3) is 0 Å². The van der Waals surface area contributed by atoms with Crippen molar-refractivity contribution in [1.82, 2.24) is 4.90 Å². The van der Waals surface area contributed by atoms with Crippen LogP contribution in [0.5, 0.6) is 0 Å². The zero-order valence-corrected chi connectivity index (χ0v) is 13.8. The highest BCUT2D eigenvalue weighted by molar-refractivity contribution is 7.91. The number of hydrogen-bond donors (Lipinski definition) is 1. The number of nitrogens with two attached hydrogens (primary N) is 1. The number of carbonyl (C=O) groups excluding carboxylic acids is 1. The molecule has 118 valence electrons. The lowest BCUT2D eigenvalue weighted by Gasteiger charge is -2.32. The molecule has 0 radical (unpaired) electrons. The van der Waals surface area contributed by atoms with Gasteiger partial charge in [0.1, 0.15) is 4.21 Å². The summed E-state index contributed by atoms with van der Waals surface area (Å²) in [6, 6.07) is 1.46. The Morgan fingerprint density at radius 3 is 2.86 bits per heavy atom. The predicted molar refractivity (Wildman–Crippen MR) is 81.0 cm³/mol. The maximum atomic E-state index is 12.6. The van der Waals surface area contributed by atoms with Gasteiger partial charge in [-0.25, -0.2) is 13.6 Å². The molecule has 0 bridgehead atoms. The molecule has 0 unspecified atom stereocenters. The van der Waals surface area contributed by atoms with E-state index < -0.39 is 10.0 Å². The first-order valence-electron chi connectivity index (χ1n) is 6.87. The molecular formula is C13H20N2O4S2. The van der Waals surface area contributed by atoms with Crippen LogP contribution >= 0.6 is 11.3 Å². The predicted octanol–water partition coefficient (Wildman–Crippen LogP) is 1.35. The molecule has 0 spiro atoms. The molecule has 0 saturated carbocycles. The number of carbonyl (C=O) groups is 1. The van der Waals surface area contributed by atoms with Crippen molar-refractivity contribution in [2.45, 2.75) is 37.0 Å². The molecule has 2 rings (SSSR count). The van der Waals surface area contributed by atoms with Gasteiger partial charge in [0, 0.05) is 19.7 Å². The van der Waals surface area contributed by atoms with Gasteiger partial charge in [-0.05, 0) is 38.3 Å². The van der Waals surface area contributed by atoms with E-state index in [1.54, 1.807) is 11.8 Å². The number of aryl methyl sites for hydroxylation is 1. The van der Waals surface area contributed by atoms with Crippen LogP contribution in [0.15, 0.2) is 10.3 Å². The second-order valence-corrected chi connectivity index (χ2v) is 7.93. The summed E-state index contributed by atoms with van der Waals surface area (Å²) in [4.78, 5) is 14.7. The van der Waals surface area contributed by atoms with Crippen molar-refractivity contribution in [3.8, 4) is 0 Å². The van der Waals surface area contributed by atoms with Crippen molar-refractivity contribution in [3.63, 3.8) is 0 Å². The minimum absolute atomic E-state index is 0.0294. The van der Waals surface area contributed by atoms with Gasteiger partial charge in [-0.3, -0.25) is 4.79 Å². The molecule has 1 aromatic rings. The standard InChI is InChI=1S/C13H20N2O4S2/c1-3-19-10-5-4-6-15(8-10)13(16)12-9(2)7-11(20-12)21(14,17)18/h7,10H,3-6,8H2,1-2H3,(H2,14,17,18)/t10-/m1/s1. The van der Waals surface area contributed by atoms with E-state index in [1.807, 2.05) is 6.92 Å². The first kappa shape index (κ1) is 16.4. The number of ether oxygens (including phenoxy) is 1. The number of primary sulfonamides is 1. The lowest BCUT2D eigenvalue weighted by atomic mass is 10.1. The monoisotopic (exact) mass is 332 g/mol. The molecule has 8 heteroatoms. The van der Waals surface area contributed by atoms with Crippen LogP contribution < -0.4 is 5.14 Å². The van der Waals surface area contributed by atoms with Crippen molar-refractivity contribution in [3.05, 3.63) is 16.5 Å². The van der Waals surface area contributed by atoms with Crippen LogP contribution in [0.4, 0.5) is 0 Å². The number of rotatable bonds is 4. The Kier molecular flexibility index (Phi) is 5.03. The van der Waals surface area contributed by atoms with E-state index in [0.717, 1.165) is 24.2 Å². The molecule has 1 amide bonds. The highest BCUT2D eigenvalue weighted by atomic mass is 32.2. The van der Waals surface area contributed by atoms with Gasteiger partial charge >= 0.3 is 0 Å². The average Bonchev–Trinajstić information content (AvgIpc) is 2.81. The third-order valence-electron chi connectivity index (χ3n) is 3.44. The van der Waals surface area contributed by atoms with E-state index in [0.29, 0.717) is 30.1 Å². The maximum Gasteiger partial charge on any atom is 0.264 e. The van der Waals surface area contributed by atoms with E-state index in [1.165, 1.54) is 6.07 Å². The molecule has 1 atom stereocenters. The molecule has 1 aromatic heterocycles. The number of sulfonamides is 1. The third kappa shape index (κ3) is 3.82. The number of likely N-dealkylation sites (tertiary alicyclic amines) is 1. The van der Waals surface area contributed by atoms with Crippen LogP contribution in [0, 0.1) is 6.92 Å². The van der Waals surface area contributed by atoms with Gasteiger partial charge < -0.3 is 9.64 Å². The Morgan fingerprint density at radius 1 is 1.57 bits per heavy atom. The van der Waals surface area contributed by atoms with Gasteiger partial charge in [-0.1, -0.05) is 0 Å². The molecule has 1 aliphatic rings. The number of amides is 1. The summed E-state index contributed by atoms with van der Waals surface area (Å²) in [5, 5.41) is 5.12. The van der Waals surface area contributed by atoms with Crippen LogP contribution in [0.3, 0.4) is 0 Å². The van der Waals surface area contributed by atoms with E-state index in [2.05, 4.69) is 0 Å². The summed E-state index contributed by atoms with van der Waals surface area (Å²) in [6.45, 7) is 5.50. The minimum Gasteiger partial charge on any atom is -0.377 e. The lowest BCUT2D eigenvalue weighted by Crippen LogP contribution is -2.43. The minimum atomic E-state index is -3.77. The average molecular weight is 332 g/mol. The van der Waals surface area contributed by atoms with Crippen molar-refractivity contribution in [2.24, 2.45) is 5.14 Å². The quantitative estimate of drug-likeness (QED) is 0.901. The van der Waals surface area contributed by atoms with E-state index >= 15 is 0 Å². The summed E-state index contributed by atoms with van der Waals surface area (Å²) in [7, 11) is -3.77. The second kappa shape index (κ2) is 6.43. The van der Waals surface area contributed by atoms with E-state index in [4.69, 9.17) is 9.88 Å². The molecular weight excluding hydrogens is 312 g/mol. The highest BCUT2D eigenvalue weighted by Gasteiger charge is 2.27. The second-order valence-electron chi connectivity index (χ2n) is 5.09. The Labute approximate surface area is 128 Å². The van der Waals surface area contributed by atoms with Crippen LogP contribution in [-0.2, 0) is 14.8 Å². The molecule has 2 heterocycles. The van der Waals surface area contributed by atoms with Gasteiger partial charge in [0.15, 0.2) is 0 Å².